The van der Waals surface area contributed by atoms with Crippen LogP contribution in [-0.4, -0.2) is 31.8 Å². The van der Waals surface area contributed by atoms with Gasteiger partial charge in [0.2, 0.25) is 17.4 Å². The minimum Gasteiger partial charge on any atom is -0.433 e. The van der Waals surface area contributed by atoms with E-state index in [9.17, 15) is 13.6 Å². The lowest BCUT2D eigenvalue weighted by atomic mass is 10.1. The Morgan fingerprint density at radius 2 is 1.86 bits per heavy atom. The van der Waals surface area contributed by atoms with Crippen LogP contribution in [-0.2, 0) is 0 Å². The third-order valence-electron chi connectivity index (χ3n) is 5.89. The van der Waals surface area contributed by atoms with Crippen molar-refractivity contribution in [3.63, 3.8) is 0 Å². The maximum absolute atomic E-state index is 13.9. The molecule has 3 heterocycles. The predicted molar refractivity (Wildman–Crippen MR) is 141 cm³/mol. The minimum atomic E-state index is -0.841. The van der Waals surface area contributed by atoms with Gasteiger partial charge in [0.05, 0.1) is 29.3 Å². The number of pyridine rings is 1. The van der Waals surface area contributed by atoms with Crippen LogP contribution in [0.15, 0.2) is 54.9 Å². The lowest BCUT2D eigenvalue weighted by molar-refractivity contribution is 0.103. The predicted octanol–water partition coefficient (Wildman–Crippen LogP) is 5.94. The summed E-state index contributed by atoms with van der Waals surface area (Å²) in [6.45, 7) is 3.73. The first-order valence-corrected chi connectivity index (χ1v) is 12.4. The molecule has 188 valence electrons. The average Bonchev–Trinajstić information content (AvgIpc) is 3.45. The number of carbonyl (C=O) groups excluding carboxylic acids is 1. The van der Waals surface area contributed by atoms with Gasteiger partial charge in [0.25, 0.3) is 0 Å². The number of aryl methyl sites for hydroxylation is 2. The van der Waals surface area contributed by atoms with Crippen molar-refractivity contribution in [2.45, 2.75) is 13.8 Å². The highest BCUT2D eigenvalue weighted by Crippen LogP contribution is 2.30. The van der Waals surface area contributed by atoms with Gasteiger partial charge in [0.15, 0.2) is 11.6 Å². The van der Waals surface area contributed by atoms with E-state index in [-0.39, 0.29) is 23.0 Å². The van der Waals surface area contributed by atoms with E-state index in [1.165, 1.54) is 41.2 Å². The van der Waals surface area contributed by atoms with Crippen LogP contribution in [0.3, 0.4) is 0 Å². The second kappa shape index (κ2) is 9.58. The molecule has 37 heavy (non-hydrogen) atoms. The van der Waals surface area contributed by atoms with Gasteiger partial charge >= 0.3 is 0 Å². The monoisotopic (exact) mass is 520 g/mol. The average molecular weight is 521 g/mol. The molecule has 0 aliphatic heterocycles. The van der Waals surface area contributed by atoms with Gasteiger partial charge in [0, 0.05) is 28.9 Å². The normalized spacial score (nSPS) is 11.2. The van der Waals surface area contributed by atoms with Crippen molar-refractivity contribution < 1.29 is 18.3 Å². The van der Waals surface area contributed by atoms with Crippen molar-refractivity contribution in [1.82, 2.24) is 19.7 Å². The number of aromatic nitrogens is 4. The quantitative estimate of drug-likeness (QED) is 0.180. The van der Waals surface area contributed by atoms with Gasteiger partial charge in [-0.05, 0) is 55.3 Å². The molecule has 0 unspecified atom stereocenters. The highest BCUT2D eigenvalue weighted by atomic mass is 32.2. The fourth-order valence-corrected chi connectivity index (χ4v) is 4.43. The highest BCUT2D eigenvalue weighted by molar-refractivity contribution is 7.99. The van der Waals surface area contributed by atoms with E-state index >= 15 is 0 Å². The molecule has 0 bridgehead atoms. The Morgan fingerprint density at radius 1 is 1.11 bits per heavy atom. The summed E-state index contributed by atoms with van der Waals surface area (Å²) >= 11 is 1.49. The van der Waals surface area contributed by atoms with E-state index in [2.05, 4.69) is 19.8 Å². The number of halogens is 2. The standard InChI is InChI=1S/C26H22F2N6O2S/c1-13-7-15-9-21(32-20(15)10-19(13)33-37-3)24(35)16-11-31-34(26(16)29)22-12-30-23(8-14(22)2)36-25-17(27)5-4-6-18(25)28/h4-12,32-33H,29H2,1-3H3. The maximum Gasteiger partial charge on any atom is 0.219 e. The van der Waals surface area contributed by atoms with Crippen LogP contribution in [0.5, 0.6) is 11.6 Å². The molecule has 0 aliphatic carbocycles. The highest BCUT2D eigenvalue weighted by Gasteiger charge is 2.21. The van der Waals surface area contributed by atoms with Gasteiger partial charge in [-0.1, -0.05) is 18.0 Å². The molecule has 4 N–H and O–H groups in total. The Hall–Kier alpha value is -4.38. The third-order valence-corrected chi connectivity index (χ3v) is 6.31. The van der Waals surface area contributed by atoms with Gasteiger partial charge in [-0.15, -0.1) is 0 Å². The number of carbonyl (C=O) groups is 1. The number of hydrogen-bond acceptors (Lipinski definition) is 7. The first kappa shape index (κ1) is 24.3. The molecular formula is C26H22F2N6O2S. The molecule has 0 spiro atoms. The zero-order chi connectivity index (χ0) is 26.3. The number of benzene rings is 2. The number of hydrogen-bond donors (Lipinski definition) is 3. The fraction of sp³-hybridized carbons (Fsp3) is 0.115. The molecule has 5 aromatic rings. The molecule has 0 aliphatic rings. The van der Waals surface area contributed by atoms with E-state index in [0.29, 0.717) is 16.9 Å². The van der Waals surface area contributed by atoms with Crippen molar-refractivity contribution in [2.24, 2.45) is 0 Å². The van der Waals surface area contributed by atoms with Gasteiger partial charge in [-0.25, -0.2) is 18.4 Å². The summed E-state index contributed by atoms with van der Waals surface area (Å²) in [5.74, 6) is -2.41. The van der Waals surface area contributed by atoms with E-state index in [1.807, 2.05) is 25.3 Å². The molecule has 8 nitrogen and oxygen atoms in total. The number of nitrogen functional groups attached to an aromatic ring is 1. The Morgan fingerprint density at radius 3 is 2.57 bits per heavy atom. The second-order valence-electron chi connectivity index (χ2n) is 8.39. The zero-order valence-corrected chi connectivity index (χ0v) is 20.9. The van der Waals surface area contributed by atoms with Crippen LogP contribution in [0, 0.1) is 25.5 Å². The lowest BCUT2D eigenvalue weighted by Gasteiger charge is -2.11. The molecule has 5 rings (SSSR count). The largest absolute Gasteiger partial charge is 0.433 e. The molecule has 3 aromatic heterocycles. The smallest absolute Gasteiger partial charge is 0.219 e. The van der Waals surface area contributed by atoms with Gasteiger partial charge in [-0.2, -0.15) is 5.10 Å². The number of para-hydroxylation sites is 1. The number of ketones is 1. The number of anilines is 2. The van der Waals surface area contributed by atoms with Crippen molar-refractivity contribution in [1.29, 1.82) is 0 Å². The number of ether oxygens (including phenoxy) is 1. The van der Waals surface area contributed by atoms with Gasteiger partial charge in [0.1, 0.15) is 5.82 Å². The Labute approximate surface area is 215 Å². The summed E-state index contributed by atoms with van der Waals surface area (Å²) in [7, 11) is 0. The van der Waals surface area contributed by atoms with Crippen LogP contribution in [0.1, 0.15) is 27.2 Å². The van der Waals surface area contributed by atoms with E-state index < -0.39 is 17.4 Å². The van der Waals surface area contributed by atoms with Crippen molar-refractivity contribution >= 4 is 40.1 Å². The SMILES string of the molecule is CSNc1cc2[nH]c(C(=O)c3cnn(-c4cnc(Oc5c(F)cccc5F)cc4C)c3N)cc2cc1C. The van der Waals surface area contributed by atoms with E-state index in [4.69, 9.17) is 10.5 Å². The molecule has 0 fully saturated rings. The Kier molecular flexibility index (Phi) is 6.30. The topological polar surface area (TPSA) is 111 Å². The zero-order valence-electron chi connectivity index (χ0n) is 20.1. The number of fused-ring (bicyclic) bond motifs is 1. The number of nitrogens with one attached hydrogen (secondary N) is 2. The molecule has 11 heteroatoms. The van der Waals surface area contributed by atoms with Crippen LogP contribution in [0.4, 0.5) is 20.3 Å². The Bertz CT molecular complexity index is 1640. The number of rotatable bonds is 7. The molecule has 0 amide bonds. The molecule has 2 aromatic carbocycles. The Balaban J connectivity index is 1.43. The van der Waals surface area contributed by atoms with Crippen molar-refractivity contribution in [3.05, 3.63) is 88.9 Å². The molecule has 0 radical (unpaired) electrons. The van der Waals surface area contributed by atoms with Crippen LogP contribution < -0.4 is 15.2 Å². The summed E-state index contributed by atoms with van der Waals surface area (Å²) in [5.41, 5.74) is 10.9. The van der Waals surface area contributed by atoms with E-state index in [1.54, 1.807) is 13.0 Å². The van der Waals surface area contributed by atoms with E-state index in [0.717, 1.165) is 34.3 Å². The number of nitrogens with zero attached hydrogens (tertiary/aromatic N) is 3. The summed E-state index contributed by atoms with van der Waals surface area (Å²) in [4.78, 5) is 20.6. The van der Waals surface area contributed by atoms with Crippen LogP contribution >= 0.6 is 11.9 Å². The first-order chi connectivity index (χ1) is 17.8. The summed E-state index contributed by atoms with van der Waals surface area (Å²) in [6.07, 6.45) is 4.75. The van der Waals surface area contributed by atoms with Crippen molar-refractivity contribution in [2.75, 3.05) is 16.7 Å². The summed E-state index contributed by atoms with van der Waals surface area (Å²) in [5, 5.41) is 5.19. The second-order valence-corrected chi connectivity index (χ2v) is 9.00. The molecular weight excluding hydrogens is 498 g/mol. The number of aromatic amines is 1. The number of H-pyrrole nitrogens is 1. The first-order valence-electron chi connectivity index (χ1n) is 11.2. The molecule has 0 atom stereocenters. The minimum absolute atomic E-state index is 0.00372. The maximum atomic E-state index is 13.9. The molecule has 0 saturated carbocycles. The van der Waals surface area contributed by atoms with Crippen molar-refractivity contribution in [3.8, 4) is 17.3 Å². The fourth-order valence-electron chi connectivity index (χ4n) is 3.99. The summed E-state index contributed by atoms with van der Waals surface area (Å²) in [6, 6.07) is 10.7. The lowest BCUT2D eigenvalue weighted by Crippen LogP contribution is -2.09. The van der Waals surface area contributed by atoms with Crippen LogP contribution in [0.25, 0.3) is 16.6 Å². The molecule has 0 saturated heterocycles. The number of nitrogens with two attached hydrogens (primary N) is 1. The van der Waals surface area contributed by atoms with Crippen LogP contribution in [0.2, 0.25) is 0 Å². The van der Waals surface area contributed by atoms with Gasteiger partial charge in [-0.3, -0.25) is 4.79 Å². The third kappa shape index (κ3) is 4.49. The summed E-state index contributed by atoms with van der Waals surface area (Å²) < 4.78 is 37.8. The van der Waals surface area contributed by atoms with Gasteiger partial charge < -0.3 is 20.2 Å².